The zero-order chi connectivity index (χ0) is 10.9. The van der Waals surface area contributed by atoms with Crippen molar-refractivity contribution in [1.82, 2.24) is 0 Å². The van der Waals surface area contributed by atoms with E-state index in [9.17, 15) is 5.11 Å². The quantitative estimate of drug-likeness (QED) is 0.765. The number of aliphatic hydroxyl groups is 1. The van der Waals surface area contributed by atoms with Crippen molar-refractivity contribution < 1.29 is 9.84 Å². The molecule has 15 heavy (non-hydrogen) atoms. The molecule has 1 aromatic carbocycles. The average molecular weight is 207 g/mol. The van der Waals surface area contributed by atoms with Crippen LogP contribution in [0.1, 0.15) is 24.0 Å². The van der Waals surface area contributed by atoms with Crippen LogP contribution in [0.4, 0.5) is 0 Å². The van der Waals surface area contributed by atoms with Gasteiger partial charge in [-0.15, -0.1) is 0 Å². The van der Waals surface area contributed by atoms with Crippen LogP contribution in [0.15, 0.2) is 18.2 Å². The minimum atomic E-state index is -0.833. The molecule has 1 aromatic rings. The molecule has 0 amide bonds. The molecule has 3 nitrogen and oxygen atoms in total. The maximum Gasteiger partial charge on any atom is 0.119 e. The number of methoxy groups -OCH3 is 1. The molecule has 1 aliphatic rings. The summed E-state index contributed by atoms with van der Waals surface area (Å²) >= 11 is 0. The zero-order valence-corrected chi connectivity index (χ0v) is 8.99. The Balaban J connectivity index is 2.45. The molecule has 0 aliphatic heterocycles. The number of nitrogens with two attached hydrogens (primary N) is 1. The van der Waals surface area contributed by atoms with E-state index >= 15 is 0 Å². The van der Waals surface area contributed by atoms with E-state index in [1.165, 1.54) is 0 Å². The maximum absolute atomic E-state index is 10.3. The lowest BCUT2D eigenvalue weighted by Gasteiger charge is -2.33. The van der Waals surface area contributed by atoms with Crippen molar-refractivity contribution >= 4 is 0 Å². The Bertz CT molecular complexity index is 365. The second-order valence-electron chi connectivity index (χ2n) is 4.11. The first-order valence-electron chi connectivity index (χ1n) is 5.29. The Morgan fingerprint density at radius 2 is 2.33 bits per heavy atom. The fourth-order valence-corrected chi connectivity index (χ4v) is 2.28. The van der Waals surface area contributed by atoms with Crippen LogP contribution < -0.4 is 10.5 Å². The largest absolute Gasteiger partial charge is 0.497 e. The molecule has 0 fully saturated rings. The molecule has 0 spiro atoms. The van der Waals surface area contributed by atoms with Crippen LogP contribution in [-0.2, 0) is 12.0 Å². The maximum atomic E-state index is 10.3. The summed E-state index contributed by atoms with van der Waals surface area (Å²) in [5.41, 5.74) is 6.94. The molecule has 0 saturated carbocycles. The van der Waals surface area contributed by atoms with Gasteiger partial charge in [0.15, 0.2) is 0 Å². The van der Waals surface area contributed by atoms with Crippen LogP contribution in [0.2, 0.25) is 0 Å². The SMILES string of the molecule is COc1ccc2c(c1)CCC[C@]2(O)CN. The zero-order valence-electron chi connectivity index (χ0n) is 8.99. The summed E-state index contributed by atoms with van der Waals surface area (Å²) in [6.45, 7) is 0.284. The molecule has 0 heterocycles. The number of rotatable bonds is 2. The van der Waals surface area contributed by atoms with Gasteiger partial charge in [0.25, 0.3) is 0 Å². The summed E-state index contributed by atoms with van der Waals surface area (Å²) in [7, 11) is 1.65. The number of hydrogen-bond donors (Lipinski definition) is 2. The highest BCUT2D eigenvalue weighted by Crippen LogP contribution is 2.36. The molecule has 0 saturated heterocycles. The molecule has 0 unspecified atom stereocenters. The molecule has 82 valence electrons. The second-order valence-corrected chi connectivity index (χ2v) is 4.11. The van der Waals surface area contributed by atoms with E-state index < -0.39 is 5.60 Å². The van der Waals surface area contributed by atoms with Gasteiger partial charge in [-0.3, -0.25) is 0 Å². The van der Waals surface area contributed by atoms with Gasteiger partial charge in [0, 0.05) is 6.54 Å². The number of ether oxygens (including phenoxy) is 1. The lowest BCUT2D eigenvalue weighted by Crippen LogP contribution is -2.38. The summed E-state index contributed by atoms with van der Waals surface area (Å²) in [5, 5.41) is 10.3. The Labute approximate surface area is 89.9 Å². The second kappa shape index (κ2) is 3.83. The third-order valence-corrected chi connectivity index (χ3v) is 3.19. The van der Waals surface area contributed by atoms with Gasteiger partial charge in [-0.2, -0.15) is 0 Å². The van der Waals surface area contributed by atoms with Gasteiger partial charge in [0.05, 0.1) is 7.11 Å². The molecule has 1 aliphatic carbocycles. The first-order chi connectivity index (χ1) is 7.19. The number of hydrogen-bond acceptors (Lipinski definition) is 3. The van der Waals surface area contributed by atoms with Crippen LogP contribution >= 0.6 is 0 Å². The smallest absolute Gasteiger partial charge is 0.119 e. The highest BCUT2D eigenvalue weighted by atomic mass is 16.5. The number of fused-ring (bicyclic) bond motifs is 1. The van der Waals surface area contributed by atoms with E-state index in [0.29, 0.717) is 0 Å². The summed E-state index contributed by atoms with van der Waals surface area (Å²) in [6, 6.07) is 5.81. The molecule has 1 atom stereocenters. The van der Waals surface area contributed by atoms with E-state index in [-0.39, 0.29) is 6.54 Å². The first kappa shape index (κ1) is 10.5. The van der Waals surface area contributed by atoms with Gasteiger partial charge in [-0.1, -0.05) is 6.07 Å². The van der Waals surface area contributed by atoms with Crippen molar-refractivity contribution in [1.29, 1.82) is 0 Å². The van der Waals surface area contributed by atoms with Gasteiger partial charge in [-0.05, 0) is 42.5 Å². The van der Waals surface area contributed by atoms with E-state index in [4.69, 9.17) is 10.5 Å². The number of benzene rings is 1. The highest BCUT2D eigenvalue weighted by molar-refractivity contribution is 5.40. The summed E-state index contributed by atoms with van der Waals surface area (Å²) < 4.78 is 5.17. The molecule has 0 aromatic heterocycles. The van der Waals surface area contributed by atoms with Crippen molar-refractivity contribution in [3.63, 3.8) is 0 Å². The summed E-state index contributed by atoms with van der Waals surface area (Å²) in [4.78, 5) is 0. The van der Waals surface area contributed by atoms with Crippen LogP contribution in [0.25, 0.3) is 0 Å². The number of aryl methyl sites for hydroxylation is 1. The molecule has 3 heteroatoms. The molecular weight excluding hydrogens is 190 g/mol. The van der Waals surface area contributed by atoms with Crippen molar-refractivity contribution in [2.24, 2.45) is 5.73 Å². The Kier molecular flexibility index (Phi) is 2.67. The van der Waals surface area contributed by atoms with Crippen molar-refractivity contribution in [2.75, 3.05) is 13.7 Å². The molecule has 2 rings (SSSR count). The Morgan fingerprint density at radius 3 is 3.00 bits per heavy atom. The van der Waals surface area contributed by atoms with Gasteiger partial charge in [0.1, 0.15) is 11.4 Å². The fourth-order valence-electron chi connectivity index (χ4n) is 2.28. The van der Waals surface area contributed by atoms with Gasteiger partial charge < -0.3 is 15.6 Å². The minimum absolute atomic E-state index is 0.284. The predicted molar refractivity (Wildman–Crippen MR) is 58.9 cm³/mol. The van der Waals surface area contributed by atoms with E-state index in [2.05, 4.69) is 0 Å². The standard InChI is InChI=1S/C12H17NO2/c1-15-10-4-5-11-9(7-10)3-2-6-12(11,14)8-13/h4-5,7,14H,2-3,6,8,13H2,1H3/t12-/m0/s1. The van der Waals surface area contributed by atoms with Crippen molar-refractivity contribution in [3.05, 3.63) is 29.3 Å². The van der Waals surface area contributed by atoms with Gasteiger partial charge >= 0.3 is 0 Å². The molecule has 0 radical (unpaired) electrons. The van der Waals surface area contributed by atoms with Crippen LogP contribution in [0.3, 0.4) is 0 Å². The van der Waals surface area contributed by atoms with Gasteiger partial charge in [0.2, 0.25) is 0 Å². The minimum Gasteiger partial charge on any atom is -0.497 e. The molecule has 3 N–H and O–H groups in total. The third kappa shape index (κ3) is 1.73. The van der Waals surface area contributed by atoms with E-state index in [1.807, 2.05) is 18.2 Å². The highest BCUT2D eigenvalue weighted by Gasteiger charge is 2.32. The van der Waals surface area contributed by atoms with Crippen LogP contribution in [0, 0.1) is 0 Å². The van der Waals surface area contributed by atoms with E-state index in [1.54, 1.807) is 7.11 Å². The third-order valence-electron chi connectivity index (χ3n) is 3.19. The normalized spacial score (nSPS) is 24.7. The Morgan fingerprint density at radius 1 is 1.53 bits per heavy atom. The first-order valence-corrected chi connectivity index (χ1v) is 5.29. The van der Waals surface area contributed by atoms with Crippen LogP contribution in [0.5, 0.6) is 5.75 Å². The molecular formula is C12H17NO2. The monoisotopic (exact) mass is 207 g/mol. The van der Waals surface area contributed by atoms with E-state index in [0.717, 1.165) is 36.1 Å². The molecule has 0 bridgehead atoms. The Hall–Kier alpha value is -1.06. The van der Waals surface area contributed by atoms with Crippen LogP contribution in [-0.4, -0.2) is 18.8 Å². The van der Waals surface area contributed by atoms with Gasteiger partial charge in [-0.25, -0.2) is 0 Å². The van der Waals surface area contributed by atoms with Crippen molar-refractivity contribution in [2.45, 2.75) is 24.9 Å². The van der Waals surface area contributed by atoms with Crippen molar-refractivity contribution in [3.8, 4) is 5.75 Å². The average Bonchev–Trinajstić information content (AvgIpc) is 2.29. The summed E-state index contributed by atoms with van der Waals surface area (Å²) in [6.07, 6.45) is 2.73. The lowest BCUT2D eigenvalue weighted by molar-refractivity contribution is 0.0279. The summed E-state index contributed by atoms with van der Waals surface area (Å²) in [5.74, 6) is 0.843. The predicted octanol–water partition coefficient (Wildman–Crippen LogP) is 1.18. The fraction of sp³-hybridized carbons (Fsp3) is 0.500. The topological polar surface area (TPSA) is 55.5 Å². The lowest BCUT2D eigenvalue weighted by atomic mass is 9.79.